The van der Waals surface area contributed by atoms with Crippen molar-refractivity contribution in [1.29, 1.82) is 0 Å². The molecule has 1 fully saturated rings. The Morgan fingerprint density at radius 3 is 2.89 bits per heavy atom. The molecule has 0 heterocycles. The fourth-order valence-electron chi connectivity index (χ4n) is 2.29. The summed E-state index contributed by atoms with van der Waals surface area (Å²) in [4.78, 5) is 10.9. The van der Waals surface area contributed by atoms with Gasteiger partial charge in [-0.1, -0.05) is 48.6 Å². The Bertz CT molecular complexity index is 552. The van der Waals surface area contributed by atoms with Crippen molar-refractivity contribution >= 4 is 5.97 Å². The van der Waals surface area contributed by atoms with Crippen LogP contribution in [0, 0.1) is 5.92 Å². The van der Waals surface area contributed by atoms with Crippen LogP contribution in [-0.2, 0) is 0 Å². The summed E-state index contributed by atoms with van der Waals surface area (Å²) in [6, 6.07) is 7.21. The van der Waals surface area contributed by atoms with Crippen LogP contribution < -0.4 is 0 Å². The van der Waals surface area contributed by atoms with Gasteiger partial charge in [0.05, 0.1) is 5.56 Å². The van der Waals surface area contributed by atoms with Crippen molar-refractivity contribution in [3.63, 3.8) is 0 Å². The molecule has 19 heavy (non-hydrogen) atoms. The van der Waals surface area contributed by atoms with Gasteiger partial charge in [0, 0.05) is 0 Å². The van der Waals surface area contributed by atoms with Crippen LogP contribution in [-0.4, -0.2) is 11.1 Å². The van der Waals surface area contributed by atoms with Gasteiger partial charge in [-0.25, -0.2) is 4.79 Å². The average molecular weight is 254 g/mol. The molecular weight excluding hydrogens is 236 g/mol. The van der Waals surface area contributed by atoms with E-state index < -0.39 is 5.97 Å². The Labute approximate surface area is 113 Å². The lowest BCUT2D eigenvalue weighted by atomic mass is 10.0. The molecule has 1 aromatic rings. The molecule has 0 radical (unpaired) electrons. The maximum atomic E-state index is 10.9. The Hall–Kier alpha value is -2.09. The Morgan fingerprint density at radius 2 is 2.21 bits per heavy atom. The second-order valence-corrected chi connectivity index (χ2v) is 4.84. The van der Waals surface area contributed by atoms with Gasteiger partial charge < -0.3 is 5.11 Å². The number of benzene rings is 1. The summed E-state index contributed by atoms with van der Waals surface area (Å²) in [5.74, 6) is -0.00142. The molecule has 0 aliphatic heterocycles. The number of hydrogen-bond acceptors (Lipinski definition) is 1. The molecule has 0 bridgehead atoms. The lowest BCUT2D eigenvalue weighted by Crippen LogP contribution is -1.97. The second-order valence-electron chi connectivity index (χ2n) is 4.84. The van der Waals surface area contributed by atoms with Crippen molar-refractivity contribution in [2.45, 2.75) is 19.3 Å². The van der Waals surface area contributed by atoms with E-state index in [1.807, 2.05) is 43.4 Å². The fourth-order valence-corrected chi connectivity index (χ4v) is 2.29. The van der Waals surface area contributed by atoms with Gasteiger partial charge in [0.15, 0.2) is 0 Å². The van der Waals surface area contributed by atoms with E-state index in [1.54, 1.807) is 12.1 Å². The molecule has 0 aromatic heterocycles. The standard InChI is InChI=1S/C17H18O2/c1-3-4-5-7-12(2)15-11-16(15)13-8-6-9-14(10-13)17(18)19/h3-10,15-16H,2,11H2,1H3,(H,18,19)/b4-3-,7-5-/t15-,16-/m1/s1. The van der Waals surface area contributed by atoms with Crippen molar-refractivity contribution in [3.05, 3.63) is 71.8 Å². The normalized spacial score (nSPS) is 21.9. The van der Waals surface area contributed by atoms with Crippen molar-refractivity contribution in [3.8, 4) is 0 Å². The summed E-state index contributed by atoms with van der Waals surface area (Å²) in [7, 11) is 0. The molecule has 98 valence electrons. The summed E-state index contributed by atoms with van der Waals surface area (Å²) in [6.45, 7) is 6.06. The van der Waals surface area contributed by atoms with E-state index >= 15 is 0 Å². The molecule has 0 spiro atoms. The van der Waals surface area contributed by atoms with Crippen molar-refractivity contribution in [2.24, 2.45) is 5.92 Å². The zero-order valence-electron chi connectivity index (χ0n) is 11.0. The van der Waals surface area contributed by atoms with E-state index in [1.165, 1.54) is 0 Å². The maximum absolute atomic E-state index is 10.9. The zero-order chi connectivity index (χ0) is 13.8. The summed E-state index contributed by atoms with van der Waals surface area (Å²) >= 11 is 0. The van der Waals surface area contributed by atoms with Crippen LogP contribution in [0.1, 0.15) is 35.2 Å². The molecule has 1 N–H and O–H groups in total. The molecule has 0 amide bonds. The quantitative estimate of drug-likeness (QED) is 0.800. The van der Waals surface area contributed by atoms with Crippen LogP contribution in [0.4, 0.5) is 0 Å². The molecule has 2 rings (SSSR count). The number of hydrogen-bond donors (Lipinski definition) is 1. The van der Waals surface area contributed by atoms with Crippen molar-refractivity contribution < 1.29 is 9.90 Å². The lowest BCUT2D eigenvalue weighted by molar-refractivity contribution is 0.0697. The van der Waals surface area contributed by atoms with Gasteiger partial charge in [-0.05, 0) is 42.9 Å². The van der Waals surface area contributed by atoms with Crippen LogP contribution in [0.2, 0.25) is 0 Å². The van der Waals surface area contributed by atoms with Crippen LogP contribution in [0.15, 0.2) is 60.7 Å². The van der Waals surface area contributed by atoms with Crippen LogP contribution in [0.25, 0.3) is 0 Å². The number of carboxylic acids is 1. The monoisotopic (exact) mass is 254 g/mol. The van der Waals surface area contributed by atoms with Gasteiger partial charge >= 0.3 is 5.97 Å². The molecule has 2 atom stereocenters. The zero-order valence-corrected chi connectivity index (χ0v) is 11.0. The van der Waals surface area contributed by atoms with E-state index in [0.717, 1.165) is 17.6 Å². The molecule has 0 unspecified atom stereocenters. The summed E-state index contributed by atoms with van der Waals surface area (Å²) in [5.41, 5.74) is 2.58. The minimum atomic E-state index is -0.870. The van der Waals surface area contributed by atoms with Crippen LogP contribution in [0.3, 0.4) is 0 Å². The molecule has 2 nitrogen and oxygen atoms in total. The molecule has 0 saturated heterocycles. The molecule has 1 aliphatic rings. The SMILES string of the molecule is C=C(/C=C\C=C/C)[C@H]1C[C@@H]1c1cccc(C(=O)O)c1. The topological polar surface area (TPSA) is 37.3 Å². The van der Waals surface area contributed by atoms with Gasteiger partial charge in [-0.3, -0.25) is 0 Å². The Balaban J connectivity index is 2.04. The first kappa shape index (κ1) is 13.3. The van der Waals surface area contributed by atoms with Gasteiger partial charge in [-0.2, -0.15) is 0 Å². The summed E-state index contributed by atoms with van der Waals surface area (Å²) in [5, 5.41) is 8.99. The first-order chi connectivity index (χ1) is 9.13. The highest BCUT2D eigenvalue weighted by molar-refractivity contribution is 5.87. The van der Waals surface area contributed by atoms with Gasteiger partial charge in [-0.15, -0.1) is 0 Å². The third kappa shape index (κ3) is 3.22. The van der Waals surface area contributed by atoms with E-state index in [9.17, 15) is 4.79 Å². The highest BCUT2D eigenvalue weighted by atomic mass is 16.4. The predicted octanol–water partition coefficient (Wildman–Crippen LogP) is 4.18. The molecular formula is C17H18O2. The molecule has 1 aromatic carbocycles. The Kier molecular flexibility index (Phi) is 4.00. The first-order valence-electron chi connectivity index (χ1n) is 6.45. The molecule has 2 heteroatoms. The van der Waals surface area contributed by atoms with Gasteiger partial charge in [0.1, 0.15) is 0 Å². The third-order valence-corrected chi connectivity index (χ3v) is 3.44. The highest BCUT2D eigenvalue weighted by Crippen LogP contribution is 2.51. The van der Waals surface area contributed by atoms with E-state index in [2.05, 4.69) is 6.58 Å². The second kappa shape index (κ2) is 5.70. The van der Waals surface area contributed by atoms with Crippen molar-refractivity contribution in [2.75, 3.05) is 0 Å². The number of carboxylic acid groups (broad SMARTS) is 1. The summed E-state index contributed by atoms with van der Waals surface area (Å²) < 4.78 is 0. The minimum absolute atomic E-state index is 0.359. The predicted molar refractivity (Wildman–Crippen MR) is 77.3 cm³/mol. The van der Waals surface area contributed by atoms with Gasteiger partial charge in [0.25, 0.3) is 0 Å². The molecule has 1 saturated carbocycles. The van der Waals surface area contributed by atoms with E-state index in [0.29, 0.717) is 17.4 Å². The van der Waals surface area contributed by atoms with E-state index in [-0.39, 0.29) is 0 Å². The highest BCUT2D eigenvalue weighted by Gasteiger charge is 2.39. The summed E-state index contributed by atoms with van der Waals surface area (Å²) in [6.07, 6.45) is 9.04. The third-order valence-electron chi connectivity index (χ3n) is 3.44. The average Bonchev–Trinajstić information content (AvgIpc) is 3.19. The fraction of sp³-hybridized carbons (Fsp3) is 0.235. The smallest absolute Gasteiger partial charge is 0.335 e. The van der Waals surface area contributed by atoms with E-state index in [4.69, 9.17) is 5.11 Å². The lowest BCUT2D eigenvalue weighted by Gasteiger charge is -2.02. The number of rotatable bonds is 5. The Morgan fingerprint density at radius 1 is 1.42 bits per heavy atom. The number of allylic oxidation sites excluding steroid dienone is 5. The number of aromatic carboxylic acids is 1. The molecule has 1 aliphatic carbocycles. The largest absolute Gasteiger partial charge is 0.478 e. The minimum Gasteiger partial charge on any atom is -0.478 e. The number of carbonyl (C=O) groups is 1. The van der Waals surface area contributed by atoms with Crippen molar-refractivity contribution in [1.82, 2.24) is 0 Å². The maximum Gasteiger partial charge on any atom is 0.335 e. The van der Waals surface area contributed by atoms with Crippen LogP contribution >= 0.6 is 0 Å². The van der Waals surface area contributed by atoms with Crippen LogP contribution in [0.5, 0.6) is 0 Å². The first-order valence-corrected chi connectivity index (χ1v) is 6.45. The van der Waals surface area contributed by atoms with Gasteiger partial charge in [0.2, 0.25) is 0 Å².